The molecular weight excluding hydrogens is 174 g/mol. The molecular formula is C11H9N3. The Morgan fingerprint density at radius 3 is 2.36 bits per heavy atom. The van der Waals surface area contributed by atoms with Gasteiger partial charge < -0.3 is 0 Å². The van der Waals surface area contributed by atoms with Crippen molar-refractivity contribution in [1.29, 1.82) is 0 Å². The van der Waals surface area contributed by atoms with Crippen LogP contribution in [0.15, 0.2) is 53.8 Å². The summed E-state index contributed by atoms with van der Waals surface area (Å²) in [5.74, 6) is 0.693. The molecule has 14 heavy (non-hydrogen) atoms. The SMILES string of the molecule is C(=Nc1ccccn1)c1ccccn1. The molecule has 2 aromatic heterocycles. The Labute approximate surface area is 82.2 Å². The van der Waals surface area contributed by atoms with Gasteiger partial charge in [-0.15, -0.1) is 0 Å². The third-order valence-electron chi connectivity index (χ3n) is 1.67. The molecule has 0 amide bonds. The Bertz CT molecular complexity index is 368. The smallest absolute Gasteiger partial charge is 0.151 e. The Balaban J connectivity index is 2.16. The Morgan fingerprint density at radius 1 is 0.929 bits per heavy atom. The fourth-order valence-corrected chi connectivity index (χ4v) is 1.01. The van der Waals surface area contributed by atoms with Gasteiger partial charge in [0.1, 0.15) is 0 Å². The summed E-state index contributed by atoms with van der Waals surface area (Å²) < 4.78 is 0. The van der Waals surface area contributed by atoms with Crippen molar-refractivity contribution in [3.8, 4) is 0 Å². The zero-order valence-corrected chi connectivity index (χ0v) is 7.54. The zero-order chi connectivity index (χ0) is 9.64. The van der Waals surface area contributed by atoms with E-state index in [1.165, 1.54) is 0 Å². The van der Waals surface area contributed by atoms with Gasteiger partial charge in [0.05, 0.1) is 11.9 Å². The number of pyridine rings is 2. The van der Waals surface area contributed by atoms with Gasteiger partial charge in [-0.25, -0.2) is 9.98 Å². The standard InChI is InChI=1S/C11H9N3/c1-3-7-12-10(5-1)9-14-11-6-2-4-8-13-11/h1-9H. The maximum absolute atomic E-state index is 4.18. The number of aliphatic imine (C=N–C) groups is 1. The number of aromatic nitrogens is 2. The summed E-state index contributed by atoms with van der Waals surface area (Å²) in [7, 11) is 0. The average molecular weight is 183 g/mol. The van der Waals surface area contributed by atoms with Gasteiger partial charge in [-0.2, -0.15) is 0 Å². The Kier molecular flexibility index (Phi) is 2.62. The highest BCUT2D eigenvalue weighted by Gasteiger charge is 1.87. The highest BCUT2D eigenvalue weighted by atomic mass is 14.9. The third-order valence-corrected chi connectivity index (χ3v) is 1.67. The zero-order valence-electron chi connectivity index (χ0n) is 7.54. The van der Waals surface area contributed by atoms with Gasteiger partial charge in [0.2, 0.25) is 0 Å². The van der Waals surface area contributed by atoms with Crippen LogP contribution < -0.4 is 0 Å². The molecule has 0 unspecified atom stereocenters. The third kappa shape index (κ3) is 2.23. The largest absolute Gasteiger partial charge is 0.255 e. The van der Waals surface area contributed by atoms with E-state index in [0.717, 1.165) is 5.69 Å². The van der Waals surface area contributed by atoms with E-state index in [-0.39, 0.29) is 0 Å². The first-order valence-electron chi connectivity index (χ1n) is 4.31. The molecule has 0 bridgehead atoms. The van der Waals surface area contributed by atoms with E-state index in [9.17, 15) is 0 Å². The average Bonchev–Trinajstić information content (AvgIpc) is 2.29. The summed E-state index contributed by atoms with van der Waals surface area (Å²) in [5.41, 5.74) is 0.832. The first-order valence-corrected chi connectivity index (χ1v) is 4.31. The molecule has 3 heteroatoms. The van der Waals surface area contributed by atoms with Crippen LogP contribution in [0, 0.1) is 0 Å². The van der Waals surface area contributed by atoms with Crippen LogP contribution in [0.3, 0.4) is 0 Å². The van der Waals surface area contributed by atoms with Gasteiger partial charge in [0.15, 0.2) is 5.82 Å². The van der Waals surface area contributed by atoms with E-state index < -0.39 is 0 Å². The minimum atomic E-state index is 0.693. The lowest BCUT2D eigenvalue weighted by Gasteiger charge is -1.91. The lowest BCUT2D eigenvalue weighted by atomic mass is 10.4. The van der Waals surface area contributed by atoms with Gasteiger partial charge in [0, 0.05) is 12.4 Å². The number of hydrogen-bond donors (Lipinski definition) is 0. The molecule has 0 spiro atoms. The van der Waals surface area contributed by atoms with E-state index in [0.29, 0.717) is 5.82 Å². The van der Waals surface area contributed by atoms with E-state index >= 15 is 0 Å². The van der Waals surface area contributed by atoms with Gasteiger partial charge in [0.25, 0.3) is 0 Å². The molecule has 0 saturated heterocycles. The van der Waals surface area contributed by atoms with Crippen molar-refractivity contribution in [3.05, 3.63) is 54.5 Å². The van der Waals surface area contributed by atoms with Crippen molar-refractivity contribution in [2.75, 3.05) is 0 Å². The molecule has 0 atom stereocenters. The summed E-state index contributed by atoms with van der Waals surface area (Å²) in [6.07, 6.45) is 5.15. The van der Waals surface area contributed by atoms with Crippen molar-refractivity contribution in [2.45, 2.75) is 0 Å². The predicted molar refractivity (Wildman–Crippen MR) is 55.7 cm³/mol. The van der Waals surface area contributed by atoms with E-state index in [4.69, 9.17) is 0 Å². The summed E-state index contributed by atoms with van der Waals surface area (Å²) >= 11 is 0. The first-order chi connectivity index (χ1) is 6.95. The highest BCUT2D eigenvalue weighted by molar-refractivity contribution is 5.78. The second-order valence-electron chi connectivity index (χ2n) is 2.70. The van der Waals surface area contributed by atoms with Crippen molar-refractivity contribution < 1.29 is 0 Å². The molecule has 0 aliphatic rings. The molecule has 2 aromatic rings. The van der Waals surface area contributed by atoms with Gasteiger partial charge in [-0.1, -0.05) is 12.1 Å². The van der Waals surface area contributed by atoms with Crippen LogP contribution in [0.2, 0.25) is 0 Å². The maximum atomic E-state index is 4.18. The van der Waals surface area contributed by atoms with Crippen LogP contribution in [0.4, 0.5) is 5.82 Å². The van der Waals surface area contributed by atoms with Gasteiger partial charge in [-0.3, -0.25) is 4.98 Å². The minimum absolute atomic E-state index is 0.693. The molecule has 0 aromatic carbocycles. The molecule has 0 N–H and O–H groups in total. The fourth-order valence-electron chi connectivity index (χ4n) is 1.01. The number of rotatable bonds is 2. The predicted octanol–water partition coefficient (Wildman–Crippen LogP) is 2.23. The van der Waals surface area contributed by atoms with Crippen LogP contribution in [0.5, 0.6) is 0 Å². The Morgan fingerprint density at radius 2 is 1.71 bits per heavy atom. The van der Waals surface area contributed by atoms with Crippen LogP contribution >= 0.6 is 0 Å². The van der Waals surface area contributed by atoms with Gasteiger partial charge in [-0.05, 0) is 24.3 Å². The topological polar surface area (TPSA) is 38.1 Å². The lowest BCUT2D eigenvalue weighted by Crippen LogP contribution is -1.84. The first kappa shape index (κ1) is 8.56. The molecule has 0 radical (unpaired) electrons. The summed E-state index contributed by atoms with van der Waals surface area (Å²) in [5, 5.41) is 0. The molecule has 2 rings (SSSR count). The molecule has 0 aliphatic carbocycles. The van der Waals surface area contributed by atoms with Crippen LogP contribution in [0.1, 0.15) is 5.69 Å². The summed E-state index contributed by atoms with van der Waals surface area (Å²) in [6.45, 7) is 0. The summed E-state index contributed by atoms with van der Waals surface area (Å²) in [4.78, 5) is 12.4. The molecule has 0 fully saturated rings. The molecule has 0 saturated carbocycles. The summed E-state index contributed by atoms with van der Waals surface area (Å²) in [6, 6.07) is 11.3. The van der Waals surface area contributed by atoms with E-state index in [1.54, 1.807) is 18.6 Å². The van der Waals surface area contributed by atoms with Crippen molar-refractivity contribution in [2.24, 2.45) is 4.99 Å². The second-order valence-corrected chi connectivity index (χ2v) is 2.70. The van der Waals surface area contributed by atoms with Crippen molar-refractivity contribution in [3.63, 3.8) is 0 Å². The number of nitrogens with zero attached hydrogens (tertiary/aromatic N) is 3. The molecule has 0 aliphatic heterocycles. The molecule has 68 valence electrons. The van der Waals surface area contributed by atoms with E-state index in [1.807, 2.05) is 36.4 Å². The Hall–Kier alpha value is -2.03. The van der Waals surface area contributed by atoms with Crippen LogP contribution in [-0.2, 0) is 0 Å². The van der Waals surface area contributed by atoms with Crippen LogP contribution in [-0.4, -0.2) is 16.2 Å². The quantitative estimate of drug-likeness (QED) is 0.669. The van der Waals surface area contributed by atoms with Crippen molar-refractivity contribution in [1.82, 2.24) is 9.97 Å². The molecule has 2 heterocycles. The van der Waals surface area contributed by atoms with E-state index in [2.05, 4.69) is 15.0 Å². The second kappa shape index (κ2) is 4.28. The van der Waals surface area contributed by atoms with Crippen LogP contribution in [0.25, 0.3) is 0 Å². The monoisotopic (exact) mass is 183 g/mol. The molecule has 3 nitrogen and oxygen atoms in total. The fraction of sp³-hybridized carbons (Fsp3) is 0. The highest BCUT2D eigenvalue weighted by Crippen LogP contribution is 2.04. The maximum Gasteiger partial charge on any atom is 0.151 e. The normalized spacial score (nSPS) is 10.6. The lowest BCUT2D eigenvalue weighted by molar-refractivity contribution is 1.26. The minimum Gasteiger partial charge on any atom is -0.255 e. The van der Waals surface area contributed by atoms with Crippen molar-refractivity contribution >= 4 is 12.0 Å². The number of hydrogen-bond acceptors (Lipinski definition) is 3. The van der Waals surface area contributed by atoms with Gasteiger partial charge >= 0.3 is 0 Å².